The summed E-state index contributed by atoms with van der Waals surface area (Å²) in [5.74, 6) is 0.950. The van der Waals surface area contributed by atoms with Crippen LogP contribution in [-0.2, 0) is 0 Å². The van der Waals surface area contributed by atoms with Gasteiger partial charge in [0.05, 0.1) is 5.52 Å². The SMILES string of the molecule is CNc1nc(Nc2ccc(F)cc2)nc2ccccc12. The van der Waals surface area contributed by atoms with Crippen LogP contribution in [0.25, 0.3) is 10.9 Å². The third kappa shape index (κ3) is 2.38. The van der Waals surface area contributed by atoms with E-state index in [2.05, 4.69) is 20.6 Å². The number of hydrogen-bond donors (Lipinski definition) is 2. The first-order valence-corrected chi connectivity index (χ1v) is 6.23. The zero-order chi connectivity index (χ0) is 13.9. The molecule has 1 heterocycles. The fraction of sp³-hybridized carbons (Fsp3) is 0.0667. The van der Waals surface area contributed by atoms with Crippen LogP contribution in [0.5, 0.6) is 0 Å². The normalized spacial score (nSPS) is 10.5. The van der Waals surface area contributed by atoms with Crippen molar-refractivity contribution in [3.8, 4) is 0 Å². The lowest BCUT2D eigenvalue weighted by atomic mass is 10.2. The average Bonchev–Trinajstić information content (AvgIpc) is 2.49. The highest BCUT2D eigenvalue weighted by molar-refractivity contribution is 5.90. The molecule has 20 heavy (non-hydrogen) atoms. The fourth-order valence-electron chi connectivity index (χ4n) is 1.99. The highest BCUT2D eigenvalue weighted by Crippen LogP contribution is 2.23. The molecule has 3 rings (SSSR count). The molecular weight excluding hydrogens is 255 g/mol. The smallest absolute Gasteiger partial charge is 0.229 e. The number of para-hydroxylation sites is 1. The Bertz CT molecular complexity index is 740. The van der Waals surface area contributed by atoms with Crippen molar-refractivity contribution < 1.29 is 4.39 Å². The van der Waals surface area contributed by atoms with Crippen molar-refractivity contribution in [3.05, 3.63) is 54.3 Å². The van der Waals surface area contributed by atoms with Crippen LogP contribution < -0.4 is 10.6 Å². The van der Waals surface area contributed by atoms with Gasteiger partial charge in [0.2, 0.25) is 5.95 Å². The number of hydrogen-bond acceptors (Lipinski definition) is 4. The van der Waals surface area contributed by atoms with Crippen molar-refractivity contribution in [2.24, 2.45) is 0 Å². The minimum atomic E-state index is -0.272. The molecule has 0 amide bonds. The van der Waals surface area contributed by atoms with E-state index in [-0.39, 0.29) is 5.82 Å². The maximum Gasteiger partial charge on any atom is 0.229 e. The predicted molar refractivity (Wildman–Crippen MR) is 78.8 cm³/mol. The Morgan fingerprint density at radius 2 is 1.70 bits per heavy atom. The Morgan fingerprint density at radius 3 is 2.45 bits per heavy atom. The van der Waals surface area contributed by atoms with Crippen molar-refractivity contribution in [1.82, 2.24) is 9.97 Å². The van der Waals surface area contributed by atoms with Crippen molar-refractivity contribution in [2.75, 3.05) is 17.7 Å². The highest BCUT2D eigenvalue weighted by Gasteiger charge is 2.06. The molecule has 0 aliphatic carbocycles. The van der Waals surface area contributed by atoms with E-state index in [4.69, 9.17) is 0 Å². The second kappa shape index (κ2) is 5.13. The van der Waals surface area contributed by atoms with Crippen LogP contribution in [0.4, 0.5) is 21.8 Å². The topological polar surface area (TPSA) is 49.8 Å². The number of rotatable bonds is 3. The molecule has 2 aromatic carbocycles. The first-order valence-electron chi connectivity index (χ1n) is 6.23. The summed E-state index contributed by atoms with van der Waals surface area (Å²) in [6, 6.07) is 13.8. The third-order valence-corrected chi connectivity index (χ3v) is 2.94. The summed E-state index contributed by atoms with van der Waals surface area (Å²) < 4.78 is 12.9. The van der Waals surface area contributed by atoms with E-state index in [1.807, 2.05) is 31.3 Å². The quantitative estimate of drug-likeness (QED) is 0.762. The lowest BCUT2D eigenvalue weighted by molar-refractivity contribution is 0.628. The minimum absolute atomic E-state index is 0.272. The maximum absolute atomic E-state index is 12.9. The van der Waals surface area contributed by atoms with Crippen LogP contribution in [0.15, 0.2) is 48.5 Å². The molecule has 5 heteroatoms. The summed E-state index contributed by atoms with van der Waals surface area (Å²) in [4.78, 5) is 8.86. The van der Waals surface area contributed by atoms with E-state index in [1.54, 1.807) is 12.1 Å². The number of halogens is 1. The van der Waals surface area contributed by atoms with E-state index in [0.29, 0.717) is 5.95 Å². The van der Waals surface area contributed by atoms with Crippen LogP contribution in [0.1, 0.15) is 0 Å². The van der Waals surface area contributed by atoms with E-state index in [9.17, 15) is 4.39 Å². The lowest BCUT2D eigenvalue weighted by Gasteiger charge is -2.09. The van der Waals surface area contributed by atoms with E-state index >= 15 is 0 Å². The van der Waals surface area contributed by atoms with E-state index in [1.165, 1.54) is 12.1 Å². The Morgan fingerprint density at radius 1 is 0.950 bits per heavy atom. The van der Waals surface area contributed by atoms with Crippen LogP contribution >= 0.6 is 0 Å². The van der Waals surface area contributed by atoms with Gasteiger partial charge in [-0.2, -0.15) is 4.98 Å². The standard InChI is InChI=1S/C15H13FN4/c1-17-14-12-4-2-3-5-13(12)19-15(20-14)18-11-8-6-10(16)7-9-11/h2-9H,1H3,(H2,17,18,19,20). The van der Waals surface area contributed by atoms with Crippen LogP contribution in [0.3, 0.4) is 0 Å². The number of anilines is 3. The van der Waals surface area contributed by atoms with Gasteiger partial charge in [-0.3, -0.25) is 0 Å². The zero-order valence-electron chi connectivity index (χ0n) is 10.9. The number of nitrogens with one attached hydrogen (secondary N) is 2. The second-order valence-corrected chi connectivity index (χ2v) is 4.29. The molecule has 0 saturated carbocycles. The van der Waals surface area contributed by atoms with Gasteiger partial charge in [0.15, 0.2) is 0 Å². The van der Waals surface area contributed by atoms with Gasteiger partial charge in [0.25, 0.3) is 0 Å². The van der Waals surface area contributed by atoms with Crippen molar-refractivity contribution in [2.45, 2.75) is 0 Å². The van der Waals surface area contributed by atoms with Gasteiger partial charge in [-0.1, -0.05) is 12.1 Å². The van der Waals surface area contributed by atoms with Gasteiger partial charge in [0.1, 0.15) is 11.6 Å². The molecule has 2 N–H and O–H groups in total. The summed E-state index contributed by atoms with van der Waals surface area (Å²) in [5.41, 5.74) is 1.58. The zero-order valence-corrected chi connectivity index (χ0v) is 10.9. The average molecular weight is 268 g/mol. The van der Waals surface area contributed by atoms with Gasteiger partial charge in [-0.15, -0.1) is 0 Å². The van der Waals surface area contributed by atoms with Crippen LogP contribution in [0.2, 0.25) is 0 Å². The predicted octanol–water partition coefficient (Wildman–Crippen LogP) is 3.55. The molecule has 0 spiro atoms. The summed E-state index contributed by atoms with van der Waals surface area (Å²) in [6.07, 6.45) is 0. The summed E-state index contributed by atoms with van der Waals surface area (Å²) in [6.45, 7) is 0. The molecule has 0 atom stereocenters. The first-order chi connectivity index (χ1) is 9.76. The lowest BCUT2D eigenvalue weighted by Crippen LogP contribution is -2.02. The van der Waals surface area contributed by atoms with Crippen molar-refractivity contribution >= 4 is 28.4 Å². The van der Waals surface area contributed by atoms with Gasteiger partial charge in [-0.25, -0.2) is 9.37 Å². The van der Waals surface area contributed by atoms with Gasteiger partial charge < -0.3 is 10.6 Å². The number of benzene rings is 2. The molecule has 0 fully saturated rings. The largest absolute Gasteiger partial charge is 0.372 e. The molecule has 3 aromatic rings. The molecule has 0 saturated heterocycles. The summed E-state index contributed by atoms with van der Waals surface area (Å²) in [7, 11) is 1.82. The molecule has 0 bridgehead atoms. The molecule has 0 aliphatic rings. The van der Waals surface area contributed by atoms with Gasteiger partial charge in [0, 0.05) is 18.1 Å². The Labute approximate surface area is 115 Å². The first kappa shape index (κ1) is 12.3. The molecule has 100 valence electrons. The Balaban J connectivity index is 2.01. The van der Waals surface area contributed by atoms with Crippen LogP contribution in [-0.4, -0.2) is 17.0 Å². The fourth-order valence-corrected chi connectivity index (χ4v) is 1.99. The number of fused-ring (bicyclic) bond motifs is 1. The van der Waals surface area contributed by atoms with Crippen molar-refractivity contribution in [1.29, 1.82) is 0 Å². The summed E-state index contributed by atoms with van der Waals surface area (Å²) in [5, 5.41) is 7.08. The Hall–Kier alpha value is -2.69. The molecule has 0 unspecified atom stereocenters. The molecule has 0 aliphatic heterocycles. The summed E-state index contributed by atoms with van der Waals surface area (Å²) >= 11 is 0. The third-order valence-electron chi connectivity index (χ3n) is 2.94. The maximum atomic E-state index is 12.9. The molecule has 0 radical (unpaired) electrons. The van der Waals surface area contributed by atoms with E-state index in [0.717, 1.165) is 22.4 Å². The minimum Gasteiger partial charge on any atom is -0.372 e. The Kier molecular flexibility index (Phi) is 3.16. The molecule has 1 aromatic heterocycles. The number of nitrogens with zero attached hydrogens (tertiary/aromatic N) is 2. The highest BCUT2D eigenvalue weighted by atomic mass is 19.1. The van der Waals surface area contributed by atoms with Crippen LogP contribution in [0, 0.1) is 5.82 Å². The van der Waals surface area contributed by atoms with Crippen molar-refractivity contribution in [3.63, 3.8) is 0 Å². The molecule has 4 nitrogen and oxygen atoms in total. The van der Waals surface area contributed by atoms with Gasteiger partial charge in [-0.05, 0) is 36.4 Å². The monoisotopic (exact) mass is 268 g/mol. The molecular formula is C15H13FN4. The van der Waals surface area contributed by atoms with Gasteiger partial charge >= 0.3 is 0 Å². The number of aromatic nitrogens is 2. The van der Waals surface area contributed by atoms with E-state index < -0.39 is 0 Å². The second-order valence-electron chi connectivity index (χ2n) is 4.29.